The van der Waals surface area contributed by atoms with Gasteiger partial charge in [-0.15, -0.1) is 0 Å². The van der Waals surface area contributed by atoms with Gasteiger partial charge in [-0.05, 0) is 27.7 Å². The van der Waals surface area contributed by atoms with E-state index in [0.29, 0.717) is 6.04 Å². The Morgan fingerprint density at radius 1 is 1.14 bits per heavy atom. The minimum atomic E-state index is -0.179. The molecule has 0 spiro atoms. The zero-order valence-corrected chi connectivity index (χ0v) is 14.1. The van der Waals surface area contributed by atoms with Gasteiger partial charge in [0.2, 0.25) is 0 Å². The predicted octanol–water partition coefficient (Wildman–Crippen LogP) is 2.37. The summed E-state index contributed by atoms with van der Waals surface area (Å²) in [6.07, 6.45) is 3.73. The molecule has 1 aromatic rings. The van der Waals surface area contributed by atoms with Crippen LogP contribution in [-0.4, -0.2) is 40.3 Å². The largest absolute Gasteiger partial charge is 0.366 e. The average molecular weight is 292 g/mol. The summed E-state index contributed by atoms with van der Waals surface area (Å²) in [7, 11) is 0. The second-order valence-electron chi connectivity index (χ2n) is 7.38. The Labute approximate surface area is 128 Å². The second-order valence-corrected chi connectivity index (χ2v) is 7.38. The van der Waals surface area contributed by atoms with E-state index in [0.717, 1.165) is 31.1 Å². The van der Waals surface area contributed by atoms with Crippen LogP contribution < -0.4 is 10.2 Å². The molecule has 0 unspecified atom stereocenters. The first-order valence-corrected chi connectivity index (χ1v) is 7.66. The van der Waals surface area contributed by atoms with Gasteiger partial charge >= 0.3 is 0 Å². The molecule has 118 valence electrons. The van der Waals surface area contributed by atoms with Crippen LogP contribution in [0.15, 0.2) is 12.4 Å². The van der Waals surface area contributed by atoms with Crippen molar-refractivity contribution in [1.29, 1.82) is 0 Å². The van der Waals surface area contributed by atoms with Crippen LogP contribution in [0.3, 0.4) is 0 Å². The van der Waals surface area contributed by atoms with E-state index in [9.17, 15) is 0 Å². The van der Waals surface area contributed by atoms with E-state index < -0.39 is 0 Å². The topological polar surface area (TPSA) is 50.3 Å². The Hall–Kier alpha value is -1.20. The SMILES string of the molecule is CC(C)NCc1cnc(N2CC(C)(C)OC(C)(C)C2)cn1. The van der Waals surface area contributed by atoms with Crippen LogP contribution in [0.1, 0.15) is 47.2 Å². The van der Waals surface area contributed by atoms with Crippen LogP contribution >= 0.6 is 0 Å². The Balaban J connectivity index is 2.07. The molecular formula is C16H28N4O. The summed E-state index contributed by atoms with van der Waals surface area (Å²) in [5, 5.41) is 3.35. The summed E-state index contributed by atoms with van der Waals surface area (Å²) in [6.45, 7) is 15.1. The van der Waals surface area contributed by atoms with Gasteiger partial charge in [-0.2, -0.15) is 0 Å². The first kappa shape index (κ1) is 16.2. The first-order valence-electron chi connectivity index (χ1n) is 7.66. The molecule has 0 radical (unpaired) electrons. The molecule has 1 saturated heterocycles. The Bertz CT molecular complexity index is 452. The number of rotatable bonds is 4. The van der Waals surface area contributed by atoms with Gasteiger partial charge in [0.15, 0.2) is 0 Å². The molecule has 0 aliphatic carbocycles. The second kappa shape index (κ2) is 5.89. The van der Waals surface area contributed by atoms with Crippen LogP contribution in [0.5, 0.6) is 0 Å². The number of anilines is 1. The molecule has 1 fully saturated rings. The minimum absolute atomic E-state index is 0.179. The maximum Gasteiger partial charge on any atom is 0.147 e. The molecule has 21 heavy (non-hydrogen) atoms. The number of nitrogens with zero attached hydrogens (tertiary/aromatic N) is 3. The van der Waals surface area contributed by atoms with E-state index in [1.54, 1.807) is 0 Å². The van der Waals surface area contributed by atoms with Gasteiger partial charge in [0.25, 0.3) is 0 Å². The smallest absolute Gasteiger partial charge is 0.147 e. The lowest BCUT2D eigenvalue weighted by Gasteiger charge is -2.47. The summed E-state index contributed by atoms with van der Waals surface area (Å²) in [5.41, 5.74) is 0.613. The predicted molar refractivity (Wildman–Crippen MR) is 85.5 cm³/mol. The Kier molecular flexibility index (Phi) is 4.54. The zero-order chi connectivity index (χ0) is 15.7. The monoisotopic (exact) mass is 292 g/mol. The number of morpholine rings is 1. The molecule has 2 rings (SSSR count). The highest BCUT2D eigenvalue weighted by Gasteiger charge is 2.38. The van der Waals surface area contributed by atoms with Crippen molar-refractivity contribution in [2.75, 3.05) is 18.0 Å². The summed E-state index contributed by atoms with van der Waals surface area (Å²) >= 11 is 0. The van der Waals surface area contributed by atoms with Crippen molar-refractivity contribution < 1.29 is 4.74 Å². The number of hydrogen-bond acceptors (Lipinski definition) is 5. The van der Waals surface area contributed by atoms with E-state index in [1.165, 1.54) is 0 Å². The van der Waals surface area contributed by atoms with Crippen LogP contribution in [0.25, 0.3) is 0 Å². The average Bonchev–Trinajstić information content (AvgIpc) is 2.33. The highest BCUT2D eigenvalue weighted by atomic mass is 16.5. The molecule has 0 saturated carbocycles. The fraction of sp³-hybridized carbons (Fsp3) is 0.750. The molecular weight excluding hydrogens is 264 g/mol. The van der Waals surface area contributed by atoms with Crippen LogP contribution in [0.2, 0.25) is 0 Å². The summed E-state index contributed by atoms with van der Waals surface area (Å²) in [6, 6.07) is 0.451. The van der Waals surface area contributed by atoms with Crippen molar-refractivity contribution in [3.8, 4) is 0 Å². The minimum Gasteiger partial charge on any atom is -0.366 e. The highest BCUT2D eigenvalue weighted by molar-refractivity contribution is 5.38. The first-order chi connectivity index (χ1) is 9.67. The van der Waals surface area contributed by atoms with Gasteiger partial charge < -0.3 is 15.0 Å². The van der Waals surface area contributed by atoms with E-state index in [-0.39, 0.29) is 11.2 Å². The molecule has 1 N–H and O–H groups in total. The maximum atomic E-state index is 6.10. The number of aromatic nitrogens is 2. The van der Waals surface area contributed by atoms with Crippen molar-refractivity contribution in [3.63, 3.8) is 0 Å². The van der Waals surface area contributed by atoms with Gasteiger partial charge in [-0.1, -0.05) is 13.8 Å². The standard InChI is InChI=1S/C16H28N4O/c1-12(2)17-7-13-8-19-14(9-18-13)20-10-15(3,4)21-16(5,6)11-20/h8-9,12,17H,7,10-11H2,1-6H3. The van der Waals surface area contributed by atoms with Crippen LogP contribution in [0, 0.1) is 0 Å². The molecule has 5 heteroatoms. The lowest BCUT2D eigenvalue weighted by molar-refractivity contribution is -0.133. The van der Waals surface area contributed by atoms with E-state index in [4.69, 9.17) is 4.74 Å². The summed E-state index contributed by atoms with van der Waals surface area (Å²) in [4.78, 5) is 11.4. The Morgan fingerprint density at radius 2 is 1.76 bits per heavy atom. The molecule has 0 bridgehead atoms. The molecule has 2 heterocycles. The zero-order valence-electron chi connectivity index (χ0n) is 14.1. The fourth-order valence-electron chi connectivity index (χ4n) is 2.86. The molecule has 1 aliphatic rings. The maximum absolute atomic E-state index is 6.10. The van der Waals surface area contributed by atoms with Crippen molar-refractivity contribution in [2.24, 2.45) is 0 Å². The Morgan fingerprint density at radius 3 is 2.24 bits per heavy atom. The normalized spacial score (nSPS) is 20.8. The number of hydrogen-bond donors (Lipinski definition) is 1. The van der Waals surface area contributed by atoms with E-state index in [1.807, 2.05) is 12.4 Å². The van der Waals surface area contributed by atoms with Crippen molar-refractivity contribution >= 4 is 5.82 Å². The molecule has 5 nitrogen and oxygen atoms in total. The number of ether oxygens (including phenoxy) is 1. The van der Waals surface area contributed by atoms with E-state index in [2.05, 4.69) is 61.7 Å². The van der Waals surface area contributed by atoms with Gasteiger partial charge in [-0.3, -0.25) is 4.98 Å². The van der Waals surface area contributed by atoms with E-state index >= 15 is 0 Å². The fourth-order valence-corrected chi connectivity index (χ4v) is 2.86. The van der Waals surface area contributed by atoms with Gasteiger partial charge in [0.1, 0.15) is 5.82 Å². The van der Waals surface area contributed by atoms with Crippen molar-refractivity contribution in [3.05, 3.63) is 18.1 Å². The quantitative estimate of drug-likeness (QED) is 0.923. The third-order valence-electron chi connectivity index (χ3n) is 3.40. The third-order valence-corrected chi connectivity index (χ3v) is 3.40. The molecule has 0 atom stereocenters. The lowest BCUT2D eigenvalue weighted by Crippen LogP contribution is -2.57. The highest BCUT2D eigenvalue weighted by Crippen LogP contribution is 2.30. The summed E-state index contributed by atoms with van der Waals surface area (Å²) in [5.74, 6) is 0.924. The lowest BCUT2D eigenvalue weighted by atomic mass is 9.99. The van der Waals surface area contributed by atoms with Crippen molar-refractivity contribution in [1.82, 2.24) is 15.3 Å². The van der Waals surface area contributed by atoms with Crippen molar-refractivity contribution in [2.45, 2.75) is 65.3 Å². The molecule has 1 aliphatic heterocycles. The number of nitrogens with one attached hydrogen (secondary N) is 1. The van der Waals surface area contributed by atoms with Gasteiger partial charge in [0, 0.05) is 25.7 Å². The molecule has 1 aromatic heterocycles. The third kappa shape index (κ3) is 4.64. The van der Waals surface area contributed by atoms with Crippen LogP contribution in [0.4, 0.5) is 5.82 Å². The van der Waals surface area contributed by atoms with Crippen LogP contribution in [-0.2, 0) is 11.3 Å². The molecule has 0 amide bonds. The van der Waals surface area contributed by atoms with Gasteiger partial charge in [-0.25, -0.2) is 4.98 Å². The molecule has 0 aromatic carbocycles. The summed E-state index contributed by atoms with van der Waals surface area (Å²) < 4.78 is 6.10. The van der Waals surface area contributed by atoms with Gasteiger partial charge in [0.05, 0.1) is 29.3 Å².